The van der Waals surface area contributed by atoms with E-state index in [9.17, 15) is 9.90 Å². The number of carboxylic acid groups (broad SMARTS) is 1. The largest absolute Gasteiger partial charge is 0.481 e. The smallest absolute Gasteiger partial charge is 0.304 e. The van der Waals surface area contributed by atoms with Crippen molar-refractivity contribution in [2.24, 2.45) is 0 Å². The number of hydrogen-bond acceptors (Lipinski definition) is 3. The normalized spacial score (nSPS) is 30.3. The molecule has 1 saturated carbocycles. The summed E-state index contributed by atoms with van der Waals surface area (Å²) < 4.78 is 0. The number of hydrogen-bond donors (Lipinski definition) is 2. The molecule has 0 spiro atoms. The molecule has 13 heavy (non-hydrogen) atoms. The van der Waals surface area contributed by atoms with E-state index in [0.29, 0.717) is 0 Å². The zero-order chi connectivity index (χ0) is 9.84. The number of carboxylic acids is 1. The van der Waals surface area contributed by atoms with Crippen LogP contribution in [0, 0.1) is 0 Å². The van der Waals surface area contributed by atoms with E-state index in [2.05, 4.69) is 0 Å². The molecule has 3 nitrogen and oxygen atoms in total. The van der Waals surface area contributed by atoms with E-state index in [0.717, 1.165) is 19.3 Å². The van der Waals surface area contributed by atoms with E-state index in [1.807, 2.05) is 6.92 Å². The van der Waals surface area contributed by atoms with Crippen molar-refractivity contribution in [3.63, 3.8) is 0 Å². The predicted octanol–water partition coefficient (Wildman–Crippen LogP) is 1.50. The number of aliphatic carboxylic acids is 1. The van der Waals surface area contributed by atoms with Gasteiger partial charge in [0.15, 0.2) is 0 Å². The van der Waals surface area contributed by atoms with Crippen molar-refractivity contribution in [1.82, 2.24) is 0 Å². The average Bonchev–Trinajstić information content (AvgIpc) is 2.34. The molecule has 3 atom stereocenters. The van der Waals surface area contributed by atoms with Crippen molar-refractivity contribution in [3.8, 4) is 0 Å². The summed E-state index contributed by atoms with van der Waals surface area (Å²) in [6, 6.07) is 0. The fourth-order valence-electron chi connectivity index (χ4n) is 1.66. The van der Waals surface area contributed by atoms with Crippen molar-refractivity contribution in [3.05, 3.63) is 0 Å². The minimum atomic E-state index is -0.757. The van der Waals surface area contributed by atoms with Gasteiger partial charge in [0.1, 0.15) is 0 Å². The Hall–Kier alpha value is -0.220. The van der Waals surface area contributed by atoms with Crippen molar-refractivity contribution in [1.29, 1.82) is 0 Å². The zero-order valence-electron chi connectivity index (χ0n) is 7.77. The minimum absolute atomic E-state index is 0.107. The van der Waals surface area contributed by atoms with E-state index in [1.54, 1.807) is 11.8 Å². The van der Waals surface area contributed by atoms with Gasteiger partial charge in [0, 0.05) is 10.5 Å². The van der Waals surface area contributed by atoms with Crippen LogP contribution in [0.25, 0.3) is 0 Å². The maximum absolute atomic E-state index is 10.4. The van der Waals surface area contributed by atoms with Crippen molar-refractivity contribution >= 4 is 17.7 Å². The molecule has 0 saturated heterocycles. The van der Waals surface area contributed by atoms with E-state index >= 15 is 0 Å². The van der Waals surface area contributed by atoms with Gasteiger partial charge in [-0.05, 0) is 19.3 Å². The van der Waals surface area contributed by atoms with Crippen molar-refractivity contribution < 1.29 is 15.0 Å². The van der Waals surface area contributed by atoms with Crippen molar-refractivity contribution in [2.75, 3.05) is 0 Å². The maximum atomic E-state index is 10.4. The van der Waals surface area contributed by atoms with Gasteiger partial charge in [-0.1, -0.05) is 6.92 Å². The highest BCUT2D eigenvalue weighted by Gasteiger charge is 2.27. The molecule has 0 amide bonds. The second-order valence-corrected chi connectivity index (χ2v) is 5.26. The number of carbonyl (C=O) groups is 1. The SMILES string of the molecule is CC(CC(=O)O)SC1CCCC1O. The molecule has 76 valence electrons. The summed E-state index contributed by atoms with van der Waals surface area (Å²) in [6.45, 7) is 1.91. The number of thioether (sulfide) groups is 1. The molecule has 2 N–H and O–H groups in total. The predicted molar refractivity (Wildman–Crippen MR) is 53.0 cm³/mol. The van der Waals surface area contributed by atoms with E-state index in [-0.39, 0.29) is 23.0 Å². The fraction of sp³-hybridized carbons (Fsp3) is 0.889. The number of rotatable bonds is 4. The molecule has 4 heteroatoms. The molecule has 1 aliphatic rings. The second-order valence-electron chi connectivity index (χ2n) is 3.58. The van der Waals surface area contributed by atoms with Gasteiger partial charge in [-0.15, -0.1) is 0 Å². The van der Waals surface area contributed by atoms with Crippen LogP contribution >= 0.6 is 11.8 Å². The van der Waals surface area contributed by atoms with Crippen LogP contribution in [0.3, 0.4) is 0 Å². The molecule has 1 rings (SSSR count). The maximum Gasteiger partial charge on any atom is 0.304 e. The first-order valence-electron chi connectivity index (χ1n) is 4.65. The molecule has 0 bridgehead atoms. The van der Waals surface area contributed by atoms with Gasteiger partial charge >= 0.3 is 5.97 Å². The van der Waals surface area contributed by atoms with Crippen LogP contribution in [0.15, 0.2) is 0 Å². The number of aliphatic hydroxyl groups excluding tert-OH is 1. The zero-order valence-corrected chi connectivity index (χ0v) is 8.59. The fourth-order valence-corrected chi connectivity index (χ4v) is 3.11. The number of aliphatic hydroxyl groups is 1. The summed E-state index contributed by atoms with van der Waals surface area (Å²) in [5, 5.41) is 18.4. The van der Waals surface area contributed by atoms with E-state index in [1.165, 1.54) is 0 Å². The topological polar surface area (TPSA) is 57.5 Å². The van der Waals surface area contributed by atoms with E-state index in [4.69, 9.17) is 5.11 Å². The summed E-state index contributed by atoms with van der Waals surface area (Å²) in [4.78, 5) is 10.4. The summed E-state index contributed by atoms with van der Waals surface area (Å²) in [5.41, 5.74) is 0. The molecule has 1 fully saturated rings. The third-order valence-corrected chi connectivity index (χ3v) is 3.82. The van der Waals surface area contributed by atoms with Gasteiger partial charge in [0.2, 0.25) is 0 Å². The molecule has 0 radical (unpaired) electrons. The van der Waals surface area contributed by atoms with Gasteiger partial charge in [-0.2, -0.15) is 11.8 Å². The Bertz CT molecular complexity index is 184. The van der Waals surface area contributed by atoms with Crippen LogP contribution in [0.1, 0.15) is 32.6 Å². The first-order valence-corrected chi connectivity index (χ1v) is 5.59. The third-order valence-electron chi connectivity index (χ3n) is 2.29. The van der Waals surface area contributed by atoms with Crippen LogP contribution in [0.4, 0.5) is 0 Å². The first kappa shape index (κ1) is 10.9. The molecule has 0 aromatic rings. The van der Waals surface area contributed by atoms with Crippen LogP contribution in [-0.4, -0.2) is 32.8 Å². The highest BCUT2D eigenvalue weighted by molar-refractivity contribution is 8.00. The lowest BCUT2D eigenvalue weighted by atomic mass is 10.3. The highest BCUT2D eigenvalue weighted by Crippen LogP contribution is 2.33. The van der Waals surface area contributed by atoms with Crippen molar-refractivity contribution in [2.45, 2.75) is 49.2 Å². The van der Waals surface area contributed by atoms with Gasteiger partial charge < -0.3 is 10.2 Å². The lowest BCUT2D eigenvalue weighted by Crippen LogP contribution is -2.19. The minimum Gasteiger partial charge on any atom is -0.481 e. The van der Waals surface area contributed by atoms with E-state index < -0.39 is 5.97 Å². The average molecular weight is 204 g/mol. The highest BCUT2D eigenvalue weighted by atomic mass is 32.2. The summed E-state index contributed by atoms with van der Waals surface area (Å²) >= 11 is 1.61. The van der Waals surface area contributed by atoms with Gasteiger partial charge in [-0.25, -0.2) is 0 Å². The van der Waals surface area contributed by atoms with Gasteiger partial charge in [0.05, 0.1) is 12.5 Å². The van der Waals surface area contributed by atoms with Crippen LogP contribution < -0.4 is 0 Å². The van der Waals surface area contributed by atoms with Crippen LogP contribution in [0.5, 0.6) is 0 Å². The molecular formula is C9H16O3S. The Morgan fingerprint density at radius 2 is 2.31 bits per heavy atom. The second kappa shape index (κ2) is 4.86. The molecule has 0 heterocycles. The third kappa shape index (κ3) is 3.56. The molecule has 0 aliphatic heterocycles. The van der Waals surface area contributed by atoms with Gasteiger partial charge in [0.25, 0.3) is 0 Å². The monoisotopic (exact) mass is 204 g/mol. The molecular weight excluding hydrogens is 188 g/mol. The lowest BCUT2D eigenvalue weighted by molar-refractivity contribution is -0.136. The summed E-state index contributed by atoms with van der Waals surface area (Å²) in [6.07, 6.45) is 2.93. The van der Waals surface area contributed by atoms with Gasteiger partial charge in [-0.3, -0.25) is 4.79 Å². The Morgan fingerprint density at radius 3 is 2.77 bits per heavy atom. The Morgan fingerprint density at radius 1 is 1.62 bits per heavy atom. The lowest BCUT2D eigenvalue weighted by Gasteiger charge is -2.17. The Kier molecular flexibility index (Phi) is 4.06. The standard InChI is InChI=1S/C9H16O3S/c1-6(5-9(11)12)13-8-4-2-3-7(8)10/h6-8,10H,2-5H2,1H3,(H,11,12). The Balaban J connectivity index is 2.26. The Labute approximate surface area is 82.5 Å². The molecule has 1 aliphatic carbocycles. The summed E-state index contributed by atoms with van der Waals surface area (Å²) in [7, 11) is 0. The molecule has 0 aromatic heterocycles. The molecule has 3 unspecified atom stereocenters. The first-order chi connectivity index (χ1) is 6.09. The quantitative estimate of drug-likeness (QED) is 0.728. The summed E-state index contributed by atoms with van der Waals surface area (Å²) in [5.74, 6) is -0.757. The van der Waals surface area contributed by atoms with Crippen LogP contribution in [-0.2, 0) is 4.79 Å². The molecule has 0 aromatic carbocycles. The van der Waals surface area contributed by atoms with Crippen LogP contribution in [0.2, 0.25) is 0 Å².